The number of amides is 1. The Morgan fingerprint density at radius 1 is 0.731 bits per heavy atom. The van der Waals surface area contributed by atoms with E-state index in [2.05, 4.69) is 33.0 Å². The number of unbranched alkanes of at least 4 members (excludes halogenated alkanes) is 4. The summed E-state index contributed by atoms with van der Waals surface area (Å²) in [6, 6.07) is 0. The topological polar surface area (TPSA) is 29.1 Å². The third-order valence-electron chi connectivity index (χ3n) is 5.35. The predicted octanol–water partition coefficient (Wildman–Crippen LogP) is 2.68. The van der Waals surface area contributed by atoms with Crippen LogP contribution in [-0.2, 0) is 4.79 Å². The molecule has 1 aliphatic heterocycles. The Labute approximate surface area is 170 Å². The Morgan fingerprint density at radius 3 is 1.54 bits per heavy atom. The van der Waals surface area contributed by atoms with Crippen molar-refractivity contribution < 1.29 is 21.7 Å². The van der Waals surface area contributed by atoms with E-state index in [1.807, 2.05) is 0 Å². The van der Waals surface area contributed by atoms with Gasteiger partial charge in [-0.3, -0.25) is 4.79 Å². The van der Waals surface area contributed by atoms with E-state index >= 15 is 0 Å². The fraction of sp³-hybridized carbons (Fsp3) is 0.955. The molecule has 0 bridgehead atoms. The van der Waals surface area contributed by atoms with E-state index in [1.54, 1.807) is 0 Å². The van der Waals surface area contributed by atoms with Gasteiger partial charge >= 0.3 is 0 Å². The first-order valence-electron chi connectivity index (χ1n) is 11.3. The highest BCUT2D eigenvalue weighted by atomic mass is 35.5. The highest BCUT2D eigenvalue weighted by Gasteiger charge is 2.24. The molecule has 1 heterocycles. The van der Waals surface area contributed by atoms with Gasteiger partial charge in [0.05, 0.1) is 26.2 Å². The Balaban J connectivity index is 0. The van der Waals surface area contributed by atoms with Crippen LogP contribution in [0, 0.1) is 0 Å². The number of quaternary nitrogens is 1. The summed E-state index contributed by atoms with van der Waals surface area (Å²) in [4.78, 5) is 10.6. The summed E-state index contributed by atoms with van der Waals surface area (Å²) in [5, 5.41) is 2.81. The summed E-state index contributed by atoms with van der Waals surface area (Å²) in [6.07, 6.45) is 15.2. The monoisotopic (exact) mass is 390 g/mol. The summed E-state index contributed by atoms with van der Waals surface area (Å²) < 4.78 is 1.42. The lowest BCUT2D eigenvalue weighted by Gasteiger charge is -2.39. The maximum absolute atomic E-state index is 10.6. The number of hydrogen-bond acceptors (Lipinski definition) is 1. The van der Waals surface area contributed by atoms with E-state index < -0.39 is 0 Å². The molecule has 0 aromatic carbocycles. The molecule has 1 fully saturated rings. The van der Waals surface area contributed by atoms with Gasteiger partial charge in [0.25, 0.3) is 0 Å². The van der Waals surface area contributed by atoms with Gasteiger partial charge in [-0.1, -0.05) is 59.8 Å². The van der Waals surface area contributed by atoms with E-state index in [0.29, 0.717) is 0 Å². The van der Waals surface area contributed by atoms with Crippen LogP contribution in [-0.4, -0.2) is 43.1 Å². The fourth-order valence-electron chi connectivity index (χ4n) is 3.55. The molecule has 0 aromatic heterocycles. The minimum atomic E-state index is 0. The Bertz CT molecular complexity index is 263. The molecule has 1 amide bonds. The van der Waals surface area contributed by atoms with Crippen molar-refractivity contribution in [2.24, 2.45) is 0 Å². The zero-order chi connectivity index (χ0) is 18.8. The molecule has 26 heavy (non-hydrogen) atoms. The molecule has 158 valence electrons. The van der Waals surface area contributed by atoms with Gasteiger partial charge in [-0.05, 0) is 38.5 Å². The summed E-state index contributed by atoms with van der Waals surface area (Å²) in [6.45, 7) is 15.9. The number of halogens is 1. The molecule has 0 saturated carbocycles. The first-order valence-corrected chi connectivity index (χ1v) is 11.3. The summed E-state index contributed by atoms with van der Waals surface area (Å²) in [5.74, 6) is 0.225. The second-order valence-corrected chi connectivity index (χ2v) is 7.81. The van der Waals surface area contributed by atoms with Crippen molar-refractivity contribution in [2.45, 2.75) is 105 Å². The molecule has 0 radical (unpaired) electrons. The van der Waals surface area contributed by atoms with Gasteiger partial charge in [-0.2, -0.15) is 0 Å². The second-order valence-electron chi connectivity index (χ2n) is 7.81. The van der Waals surface area contributed by atoms with Crippen LogP contribution < -0.4 is 17.7 Å². The lowest BCUT2D eigenvalue weighted by Crippen LogP contribution is -3.00. The van der Waals surface area contributed by atoms with Crippen LogP contribution in [0.3, 0.4) is 0 Å². The molecule has 1 aliphatic rings. The summed E-state index contributed by atoms with van der Waals surface area (Å²) in [5.41, 5.74) is 0. The third kappa shape index (κ3) is 14.8. The Kier molecular flexibility index (Phi) is 20.9. The predicted molar refractivity (Wildman–Crippen MR) is 111 cm³/mol. The highest BCUT2D eigenvalue weighted by molar-refractivity contribution is 5.75. The zero-order valence-corrected chi connectivity index (χ0v) is 19.0. The van der Waals surface area contributed by atoms with Crippen molar-refractivity contribution in [2.75, 3.05) is 32.7 Å². The number of carbonyl (C=O) groups excluding carboxylic acids is 1. The number of rotatable bonds is 12. The molecule has 0 spiro atoms. The lowest BCUT2D eigenvalue weighted by atomic mass is 10.1. The van der Waals surface area contributed by atoms with Gasteiger partial charge < -0.3 is 22.2 Å². The van der Waals surface area contributed by atoms with E-state index in [0.717, 1.165) is 25.8 Å². The van der Waals surface area contributed by atoms with Gasteiger partial charge in [0.2, 0.25) is 5.91 Å². The number of carbonyl (C=O) groups is 1. The molecule has 1 N–H and O–H groups in total. The van der Waals surface area contributed by atoms with Crippen LogP contribution in [0.2, 0.25) is 0 Å². The van der Waals surface area contributed by atoms with Crippen LogP contribution in [0.5, 0.6) is 0 Å². The lowest BCUT2D eigenvalue weighted by molar-refractivity contribution is -0.929. The molecule has 1 saturated heterocycles. The number of hydrogen-bond donors (Lipinski definition) is 1. The minimum absolute atomic E-state index is 0. The molecule has 3 nitrogen and oxygen atoms in total. The molecule has 0 aromatic rings. The van der Waals surface area contributed by atoms with Crippen molar-refractivity contribution in [1.29, 1.82) is 0 Å². The molecule has 1 rings (SSSR count). The summed E-state index contributed by atoms with van der Waals surface area (Å²) >= 11 is 0. The largest absolute Gasteiger partial charge is 1.00 e. The van der Waals surface area contributed by atoms with E-state index in [4.69, 9.17) is 0 Å². The van der Waals surface area contributed by atoms with Crippen LogP contribution in [0.15, 0.2) is 0 Å². The molecule has 0 aliphatic carbocycles. The van der Waals surface area contributed by atoms with Crippen molar-refractivity contribution in [1.82, 2.24) is 5.32 Å². The normalized spacial score (nSPS) is 14.5. The molecular weight excluding hydrogens is 344 g/mol. The van der Waals surface area contributed by atoms with Crippen LogP contribution >= 0.6 is 0 Å². The van der Waals surface area contributed by atoms with E-state index in [-0.39, 0.29) is 18.3 Å². The van der Waals surface area contributed by atoms with Crippen LogP contribution in [0.1, 0.15) is 105 Å². The van der Waals surface area contributed by atoms with Crippen molar-refractivity contribution in [3.8, 4) is 0 Å². The SMILES string of the molecule is CCCC[N+](CCCC)(CCCC)CCCC.O=C1CCCCCN1.[Cl-]. The average molecular weight is 391 g/mol. The Hall–Kier alpha value is -0.280. The van der Waals surface area contributed by atoms with Crippen molar-refractivity contribution >= 4 is 5.91 Å². The molecule has 4 heteroatoms. The first-order chi connectivity index (χ1) is 12.1. The quantitative estimate of drug-likeness (QED) is 0.510. The van der Waals surface area contributed by atoms with Crippen LogP contribution in [0.4, 0.5) is 0 Å². The standard InChI is InChI=1S/C16H36N.C6H11NO.ClH/c1-5-9-13-17(14-10-6-2,15-11-7-3)16-12-8-4;8-6-4-2-1-3-5-7-6;/h5-16H2,1-4H3;1-5H2,(H,7,8);1H/q+1;;/p-1. The van der Waals surface area contributed by atoms with E-state index in [1.165, 1.54) is 88.4 Å². The zero-order valence-electron chi connectivity index (χ0n) is 18.3. The Morgan fingerprint density at radius 2 is 1.15 bits per heavy atom. The van der Waals surface area contributed by atoms with Gasteiger partial charge in [0, 0.05) is 13.0 Å². The van der Waals surface area contributed by atoms with Crippen LogP contribution in [0.25, 0.3) is 0 Å². The van der Waals surface area contributed by atoms with Gasteiger partial charge in [0.15, 0.2) is 0 Å². The van der Waals surface area contributed by atoms with Gasteiger partial charge in [-0.15, -0.1) is 0 Å². The van der Waals surface area contributed by atoms with Gasteiger partial charge in [-0.25, -0.2) is 0 Å². The second kappa shape index (κ2) is 19.5. The van der Waals surface area contributed by atoms with Crippen molar-refractivity contribution in [3.05, 3.63) is 0 Å². The van der Waals surface area contributed by atoms with E-state index in [9.17, 15) is 4.79 Å². The van der Waals surface area contributed by atoms with Crippen molar-refractivity contribution in [3.63, 3.8) is 0 Å². The maximum atomic E-state index is 10.6. The number of nitrogens with one attached hydrogen (secondary N) is 1. The average Bonchev–Trinajstić information content (AvgIpc) is 2.88. The smallest absolute Gasteiger partial charge is 0.219 e. The number of nitrogens with zero attached hydrogens (tertiary/aromatic N) is 1. The van der Waals surface area contributed by atoms with Gasteiger partial charge in [0.1, 0.15) is 0 Å². The molecule has 0 atom stereocenters. The summed E-state index contributed by atoms with van der Waals surface area (Å²) in [7, 11) is 0. The molecule has 0 unspecified atom stereocenters. The maximum Gasteiger partial charge on any atom is 0.219 e. The third-order valence-corrected chi connectivity index (χ3v) is 5.35. The highest BCUT2D eigenvalue weighted by Crippen LogP contribution is 2.16. The molecular formula is C22H47ClN2O. The minimum Gasteiger partial charge on any atom is -1.00 e. The first kappa shape index (κ1) is 27.9. The fourth-order valence-corrected chi connectivity index (χ4v) is 3.55.